The maximum atomic E-state index is 11.0. The minimum absolute atomic E-state index is 0.0571. The predicted molar refractivity (Wildman–Crippen MR) is 129 cm³/mol. The van der Waals surface area contributed by atoms with Crippen molar-refractivity contribution >= 4 is 0 Å². The first-order valence-electron chi connectivity index (χ1n) is 11.0. The number of phenols is 1. The number of rotatable bonds is 5. The molecule has 158 valence electrons. The monoisotopic (exact) mass is 400 g/mol. The minimum Gasteiger partial charge on any atom is -0.507 e. The largest absolute Gasteiger partial charge is 0.507 e. The molecule has 1 nitrogen and oxygen atoms in total. The quantitative estimate of drug-likeness (QED) is 0.474. The van der Waals surface area contributed by atoms with E-state index in [-0.39, 0.29) is 10.8 Å². The molecule has 30 heavy (non-hydrogen) atoms. The van der Waals surface area contributed by atoms with Crippen molar-refractivity contribution in [2.75, 3.05) is 0 Å². The molecule has 0 spiro atoms. The molecule has 0 saturated heterocycles. The molecule has 0 radical (unpaired) electrons. The number of phenolic OH excluding ortho intramolecular Hbond substituents is 1. The molecular formula is C29H36O. The number of benzene rings is 3. The van der Waals surface area contributed by atoms with Gasteiger partial charge in [-0.2, -0.15) is 0 Å². The highest BCUT2D eigenvalue weighted by Crippen LogP contribution is 2.38. The molecule has 0 aromatic heterocycles. The smallest absolute Gasteiger partial charge is 0.122 e. The molecule has 0 heterocycles. The highest BCUT2D eigenvalue weighted by Gasteiger charge is 2.24. The highest BCUT2D eigenvalue weighted by atomic mass is 16.3. The number of aryl methyl sites for hydroxylation is 2. The van der Waals surface area contributed by atoms with E-state index in [9.17, 15) is 5.11 Å². The molecule has 1 N–H and O–H groups in total. The van der Waals surface area contributed by atoms with Crippen LogP contribution in [-0.4, -0.2) is 5.11 Å². The van der Waals surface area contributed by atoms with Crippen LogP contribution >= 0.6 is 0 Å². The van der Waals surface area contributed by atoms with Crippen LogP contribution in [0.5, 0.6) is 5.75 Å². The Hall–Kier alpha value is -2.54. The van der Waals surface area contributed by atoms with Gasteiger partial charge in [0.05, 0.1) is 0 Å². The zero-order chi connectivity index (χ0) is 21.9. The van der Waals surface area contributed by atoms with Gasteiger partial charge in [0.15, 0.2) is 0 Å². The van der Waals surface area contributed by atoms with Crippen LogP contribution in [-0.2, 0) is 30.1 Å². The zero-order valence-corrected chi connectivity index (χ0v) is 19.4. The molecule has 1 heteroatoms. The van der Waals surface area contributed by atoms with E-state index in [0.29, 0.717) is 5.75 Å². The minimum atomic E-state index is -0.0841. The first-order valence-corrected chi connectivity index (χ1v) is 11.0. The molecule has 0 aliphatic heterocycles. The lowest BCUT2D eigenvalue weighted by Crippen LogP contribution is -2.17. The van der Waals surface area contributed by atoms with Gasteiger partial charge in [-0.25, -0.2) is 0 Å². The Morgan fingerprint density at radius 2 is 1.20 bits per heavy atom. The summed E-state index contributed by atoms with van der Waals surface area (Å²) in [6, 6.07) is 23.9. The van der Waals surface area contributed by atoms with Gasteiger partial charge >= 0.3 is 0 Å². The summed E-state index contributed by atoms with van der Waals surface area (Å²) in [6.45, 7) is 13.2. The lowest BCUT2D eigenvalue weighted by Gasteiger charge is -2.27. The van der Waals surface area contributed by atoms with Crippen LogP contribution in [0.2, 0.25) is 0 Å². The Morgan fingerprint density at radius 1 is 0.633 bits per heavy atom. The van der Waals surface area contributed by atoms with Crippen molar-refractivity contribution in [1.82, 2.24) is 0 Å². The standard InChI is InChI=1S/C29H36O/c1-28(2,3)25-19-24(27(30)26(20-25)29(4,5)6)17-16-21-12-14-23(15-13-21)18-22-10-8-7-9-11-22/h7-15,19-20,30H,16-18H2,1-6H3. The molecule has 3 rings (SSSR count). The van der Waals surface area contributed by atoms with Crippen molar-refractivity contribution in [2.24, 2.45) is 0 Å². The van der Waals surface area contributed by atoms with Crippen LogP contribution < -0.4 is 0 Å². The summed E-state index contributed by atoms with van der Waals surface area (Å²) in [5.41, 5.74) is 7.34. The highest BCUT2D eigenvalue weighted by molar-refractivity contribution is 5.49. The van der Waals surface area contributed by atoms with Crippen molar-refractivity contribution < 1.29 is 5.11 Å². The van der Waals surface area contributed by atoms with Gasteiger partial charge in [0.1, 0.15) is 5.75 Å². The lowest BCUT2D eigenvalue weighted by atomic mass is 9.78. The van der Waals surface area contributed by atoms with Crippen molar-refractivity contribution in [3.63, 3.8) is 0 Å². The molecule has 0 aliphatic carbocycles. The molecule has 0 aliphatic rings. The molecule has 0 fully saturated rings. The Bertz CT molecular complexity index is 968. The van der Waals surface area contributed by atoms with Gasteiger partial charge in [0.2, 0.25) is 0 Å². The molecule has 3 aromatic rings. The van der Waals surface area contributed by atoms with Crippen LogP contribution in [0.15, 0.2) is 66.7 Å². The first-order chi connectivity index (χ1) is 14.0. The van der Waals surface area contributed by atoms with Crippen molar-refractivity contribution in [3.05, 3.63) is 100 Å². The topological polar surface area (TPSA) is 20.2 Å². The maximum absolute atomic E-state index is 11.0. The van der Waals surface area contributed by atoms with E-state index in [1.54, 1.807) is 0 Å². The third-order valence-corrected chi connectivity index (χ3v) is 5.82. The lowest BCUT2D eigenvalue weighted by molar-refractivity contribution is 0.438. The summed E-state index contributed by atoms with van der Waals surface area (Å²) in [7, 11) is 0. The summed E-state index contributed by atoms with van der Waals surface area (Å²) < 4.78 is 0. The van der Waals surface area contributed by atoms with Crippen LogP contribution in [0.4, 0.5) is 0 Å². The van der Waals surface area contributed by atoms with E-state index in [2.05, 4.69) is 108 Å². The maximum Gasteiger partial charge on any atom is 0.122 e. The molecular weight excluding hydrogens is 364 g/mol. The van der Waals surface area contributed by atoms with Gasteiger partial charge < -0.3 is 5.11 Å². The number of aromatic hydroxyl groups is 1. The van der Waals surface area contributed by atoms with Crippen LogP contribution in [0.25, 0.3) is 0 Å². The summed E-state index contributed by atoms with van der Waals surface area (Å²) in [5.74, 6) is 0.469. The van der Waals surface area contributed by atoms with Gasteiger partial charge in [0, 0.05) is 0 Å². The van der Waals surface area contributed by atoms with E-state index in [1.165, 1.54) is 22.3 Å². The Kier molecular flexibility index (Phi) is 6.41. The number of hydrogen-bond acceptors (Lipinski definition) is 1. The fraction of sp³-hybridized carbons (Fsp3) is 0.379. The normalized spacial score (nSPS) is 12.2. The van der Waals surface area contributed by atoms with Crippen LogP contribution in [0, 0.1) is 0 Å². The third-order valence-electron chi connectivity index (χ3n) is 5.82. The average molecular weight is 401 g/mol. The van der Waals surface area contributed by atoms with Gasteiger partial charge in [-0.15, -0.1) is 0 Å². The average Bonchev–Trinajstić information content (AvgIpc) is 2.67. The summed E-state index contributed by atoms with van der Waals surface area (Å²) in [4.78, 5) is 0. The van der Waals surface area contributed by atoms with E-state index in [1.807, 2.05) is 0 Å². The molecule has 0 atom stereocenters. The molecule has 0 saturated carbocycles. The molecule has 0 amide bonds. The second-order valence-corrected chi connectivity index (χ2v) is 10.5. The fourth-order valence-corrected chi connectivity index (χ4v) is 3.82. The second kappa shape index (κ2) is 8.68. The van der Waals surface area contributed by atoms with Crippen LogP contribution in [0.3, 0.4) is 0 Å². The Balaban J connectivity index is 1.78. The van der Waals surface area contributed by atoms with Gasteiger partial charge in [0.25, 0.3) is 0 Å². The molecule has 3 aromatic carbocycles. The second-order valence-electron chi connectivity index (χ2n) is 10.5. The third kappa shape index (κ3) is 5.53. The van der Waals surface area contributed by atoms with E-state index in [4.69, 9.17) is 0 Å². The van der Waals surface area contributed by atoms with E-state index >= 15 is 0 Å². The summed E-state index contributed by atoms with van der Waals surface area (Å²) in [6.07, 6.45) is 2.73. The summed E-state index contributed by atoms with van der Waals surface area (Å²) >= 11 is 0. The van der Waals surface area contributed by atoms with Crippen molar-refractivity contribution in [2.45, 2.75) is 71.6 Å². The molecule has 0 unspecified atom stereocenters. The van der Waals surface area contributed by atoms with E-state index in [0.717, 1.165) is 30.4 Å². The molecule has 0 bridgehead atoms. The summed E-state index contributed by atoms with van der Waals surface area (Å²) in [5, 5.41) is 11.0. The first kappa shape index (κ1) is 22.2. The van der Waals surface area contributed by atoms with Crippen molar-refractivity contribution in [1.29, 1.82) is 0 Å². The van der Waals surface area contributed by atoms with E-state index < -0.39 is 0 Å². The number of hydrogen-bond donors (Lipinski definition) is 1. The zero-order valence-electron chi connectivity index (χ0n) is 19.4. The Labute approximate surface area is 182 Å². The fourth-order valence-electron chi connectivity index (χ4n) is 3.82. The van der Waals surface area contributed by atoms with Gasteiger partial charge in [-0.05, 0) is 63.5 Å². The van der Waals surface area contributed by atoms with Gasteiger partial charge in [-0.1, -0.05) is 108 Å². The van der Waals surface area contributed by atoms with Crippen LogP contribution in [0.1, 0.15) is 74.9 Å². The van der Waals surface area contributed by atoms with Gasteiger partial charge in [-0.3, -0.25) is 0 Å². The van der Waals surface area contributed by atoms with Crippen molar-refractivity contribution in [3.8, 4) is 5.75 Å². The SMILES string of the molecule is CC(C)(C)c1cc(CCc2ccc(Cc3ccccc3)cc2)c(O)c(C(C)(C)C)c1. The Morgan fingerprint density at radius 3 is 1.77 bits per heavy atom. The predicted octanol–water partition coefficient (Wildman–Crippen LogP) is 7.36.